The lowest BCUT2D eigenvalue weighted by Gasteiger charge is -2.30. The first-order chi connectivity index (χ1) is 8.36. The summed E-state index contributed by atoms with van der Waals surface area (Å²) in [7, 11) is 0. The molecule has 0 aromatic rings. The summed E-state index contributed by atoms with van der Waals surface area (Å²) in [6, 6.07) is 0. The second kappa shape index (κ2) is 4.72. The molecule has 2 atom stereocenters. The summed E-state index contributed by atoms with van der Waals surface area (Å²) in [5, 5.41) is 9.47. The summed E-state index contributed by atoms with van der Waals surface area (Å²) < 4.78 is 5.42. The Kier molecular flexibility index (Phi) is 3.58. The van der Waals surface area contributed by atoms with Crippen molar-refractivity contribution in [3.8, 4) is 0 Å². The molecule has 0 bridgehead atoms. The van der Waals surface area contributed by atoms with Crippen LogP contribution >= 0.6 is 0 Å². The number of carbonyl (C=O) groups excluding carboxylic acids is 1. The first-order valence-electron chi connectivity index (χ1n) is 6.95. The van der Waals surface area contributed by atoms with Crippen molar-refractivity contribution in [1.29, 1.82) is 0 Å². The molecule has 1 saturated heterocycles. The fraction of sp³-hybridized carbons (Fsp3) is 0.929. The van der Waals surface area contributed by atoms with Gasteiger partial charge in [-0.2, -0.15) is 0 Å². The zero-order chi connectivity index (χ0) is 13.4. The number of likely N-dealkylation sites (tertiary alicyclic amines) is 1. The second-order valence-electron chi connectivity index (χ2n) is 6.79. The molecule has 0 radical (unpaired) electrons. The van der Waals surface area contributed by atoms with Gasteiger partial charge in [-0.25, -0.2) is 4.79 Å². The summed E-state index contributed by atoms with van der Waals surface area (Å²) in [5.74, 6) is 0.366. The highest BCUT2D eigenvalue weighted by atomic mass is 16.6. The van der Waals surface area contributed by atoms with E-state index in [-0.39, 0.29) is 18.1 Å². The van der Waals surface area contributed by atoms with Gasteiger partial charge in [0.25, 0.3) is 0 Å². The minimum absolute atomic E-state index is 0.158. The lowest BCUT2D eigenvalue weighted by Crippen LogP contribution is -2.38. The molecule has 2 fully saturated rings. The molecule has 1 spiro atoms. The molecule has 0 aromatic carbocycles. The van der Waals surface area contributed by atoms with Crippen molar-refractivity contribution in [2.24, 2.45) is 11.3 Å². The van der Waals surface area contributed by atoms with Crippen molar-refractivity contribution in [3.05, 3.63) is 0 Å². The normalized spacial score (nSPS) is 32.2. The highest BCUT2D eigenvalue weighted by Gasteiger charge is 2.48. The molecule has 0 aromatic heterocycles. The molecule has 104 valence electrons. The molecular formula is C14H25NO3. The molecule has 1 saturated carbocycles. The number of ether oxygens (including phenoxy) is 1. The molecular weight excluding hydrogens is 230 g/mol. The van der Waals surface area contributed by atoms with Crippen LogP contribution in [0.15, 0.2) is 0 Å². The summed E-state index contributed by atoms with van der Waals surface area (Å²) in [6.45, 7) is 7.45. The second-order valence-corrected chi connectivity index (χ2v) is 6.79. The van der Waals surface area contributed by atoms with Crippen LogP contribution in [0.5, 0.6) is 0 Å². The van der Waals surface area contributed by atoms with E-state index in [2.05, 4.69) is 0 Å². The van der Waals surface area contributed by atoms with Crippen molar-refractivity contribution in [3.63, 3.8) is 0 Å². The van der Waals surface area contributed by atoms with Gasteiger partial charge in [-0.15, -0.1) is 0 Å². The Morgan fingerprint density at radius 1 is 1.44 bits per heavy atom. The Hall–Kier alpha value is -0.770. The Labute approximate surface area is 109 Å². The van der Waals surface area contributed by atoms with E-state index in [4.69, 9.17) is 4.74 Å². The van der Waals surface area contributed by atoms with Gasteiger partial charge >= 0.3 is 6.09 Å². The van der Waals surface area contributed by atoms with Gasteiger partial charge in [-0.3, -0.25) is 0 Å². The van der Waals surface area contributed by atoms with E-state index in [9.17, 15) is 9.90 Å². The van der Waals surface area contributed by atoms with E-state index in [0.29, 0.717) is 5.92 Å². The average Bonchev–Trinajstić information content (AvgIpc) is 2.84. The number of carbonyl (C=O) groups is 1. The number of rotatable bonds is 1. The van der Waals surface area contributed by atoms with Gasteiger partial charge in [0, 0.05) is 19.7 Å². The topological polar surface area (TPSA) is 49.8 Å². The number of aliphatic hydroxyl groups excluding tert-OH is 1. The molecule has 1 aliphatic carbocycles. The van der Waals surface area contributed by atoms with Gasteiger partial charge in [0.05, 0.1) is 0 Å². The van der Waals surface area contributed by atoms with Crippen LogP contribution in [-0.2, 0) is 4.74 Å². The van der Waals surface area contributed by atoms with Crippen molar-refractivity contribution in [1.82, 2.24) is 4.90 Å². The molecule has 2 aliphatic rings. The van der Waals surface area contributed by atoms with Gasteiger partial charge < -0.3 is 14.7 Å². The number of hydrogen-bond acceptors (Lipinski definition) is 3. The Bertz CT molecular complexity index is 323. The predicted octanol–water partition coefficient (Wildman–Crippen LogP) is 2.41. The van der Waals surface area contributed by atoms with Crippen molar-refractivity contribution >= 4 is 6.09 Å². The molecule has 1 N–H and O–H groups in total. The standard InChI is InChI=1S/C14H25NO3/c1-13(2,3)18-12(17)15-8-7-14(10-15)6-4-5-11(14)9-16/h11,16H,4-10H2,1-3H3/t11-,14-/m1/s1. The molecule has 4 nitrogen and oxygen atoms in total. The Morgan fingerprint density at radius 3 is 2.78 bits per heavy atom. The minimum Gasteiger partial charge on any atom is -0.444 e. The van der Waals surface area contributed by atoms with E-state index in [1.165, 1.54) is 6.42 Å². The van der Waals surface area contributed by atoms with E-state index < -0.39 is 5.60 Å². The zero-order valence-electron chi connectivity index (χ0n) is 11.7. The van der Waals surface area contributed by atoms with Crippen molar-refractivity contribution in [2.75, 3.05) is 19.7 Å². The Morgan fingerprint density at radius 2 is 2.17 bits per heavy atom. The smallest absolute Gasteiger partial charge is 0.410 e. The van der Waals surface area contributed by atoms with Crippen molar-refractivity contribution in [2.45, 2.75) is 52.1 Å². The van der Waals surface area contributed by atoms with Crippen LogP contribution in [0.1, 0.15) is 46.5 Å². The monoisotopic (exact) mass is 255 g/mol. The third-order valence-corrected chi connectivity index (χ3v) is 4.35. The highest BCUT2D eigenvalue weighted by molar-refractivity contribution is 5.68. The summed E-state index contributed by atoms with van der Waals surface area (Å²) in [4.78, 5) is 13.9. The van der Waals surface area contributed by atoms with Crippen LogP contribution < -0.4 is 0 Å². The van der Waals surface area contributed by atoms with E-state index >= 15 is 0 Å². The summed E-state index contributed by atoms with van der Waals surface area (Å²) in [6.07, 6.45) is 4.21. The van der Waals surface area contributed by atoms with E-state index in [1.807, 2.05) is 25.7 Å². The maximum Gasteiger partial charge on any atom is 0.410 e. The van der Waals surface area contributed by atoms with E-state index in [1.54, 1.807) is 0 Å². The van der Waals surface area contributed by atoms with Crippen LogP contribution in [0.3, 0.4) is 0 Å². The lowest BCUT2D eigenvalue weighted by atomic mass is 9.77. The molecule has 2 rings (SSSR count). The number of amides is 1. The first-order valence-corrected chi connectivity index (χ1v) is 6.95. The largest absolute Gasteiger partial charge is 0.444 e. The number of aliphatic hydroxyl groups is 1. The van der Waals surface area contributed by atoms with Crippen LogP contribution in [0.4, 0.5) is 4.79 Å². The lowest BCUT2D eigenvalue weighted by molar-refractivity contribution is 0.0250. The molecule has 0 unspecified atom stereocenters. The highest BCUT2D eigenvalue weighted by Crippen LogP contribution is 2.49. The fourth-order valence-corrected chi connectivity index (χ4v) is 3.41. The van der Waals surface area contributed by atoms with Crippen LogP contribution in [0.2, 0.25) is 0 Å². The Balaban J connectivity index is 1.98. The van der Waals surface area contributed by atoms with Crippen LogP contribution in [0.25, 0.3) is 0 Å². The van der Waals surface area contributed by atoms with Gasteiger partial charge in [-0.05, 0) is 51.4 Å². The predicted molar refractivity (Wildman–Crippen MR) is 69.3 cm³/mol. The molecule has 1 amide bonds. The number of nitrogens with zero attached hydrogens (tertiary/aromatic N) is 1. The summed E-state index contributed by atoms with van der Waals surface area (Å²) in [5.41, 5.74) is -0.273. The van der Waals surface area contributed by atoms with Gasteiger partial charge in [0.2, 0.25) is 0 Å². The fourth-order valence-electron chi connectivity index (χ4n) is 3.41. The molecule has 1 heterocycles. The molecule has 1 aliphatic heterocycles. The molecule has 18 heavy (non-hydrogen) atoms. The summed E-state index contributed by atoms with van der Waals surface area (Å²) >= 11 is 0. The first kappa shape index (κ1) is 13.7. The third kappa shape index (κ3) is 2.63. The van der Waals surface area contributed by atoms with Crippen LogP contribution in [0, 0.1) is 11.3 Å². The maximum atomic E-state index is 12.0. The maximum absolute atomic E-state index is 12.0. The van der Waals surface area contributed by atoms with Gasteiger partial charge in [0.15, 0.2) is 0 Å². The minimum atomic E-state index is -0.432. The van der Waals surface area contributed by atoms with E-state index in [0.717, 1.165) is 32.4 Å². The quantitative estimate of drug-likeness (QED) is 0.782. The molecule has 4 heteroatoms. The van der Waals surface area contributed by atoms with Gasteiger partial charge in [-0.1, -0.05) is 6.42 Å². The average molecular weight is 255 g/mol. The van der Waals surface area contributed by atoms with Crippen molar-refractivity contribution < 1.29 is 14.6 Å². The third-order valence-electron chi connectivity index (χ3n) is 4.35. The number of hydrogen-bond donors (Lipinski definition) is 1. The van der Waals surface area contributed by atoms with Gasteiger partial charge in [0.1, 0.15) is 5.60 Å². The SMILES string of the molecule is CC(C)(C)OC(=O)N1CC[C@]2(CCC[C@@H]2CO)C1. The zero-order valence-corrected chi connectivity index (χ0v) is 11.7. The van der Waals surface area contributed by atoms with Crippen LogP contribution in [-0.4, -0.2) is 41.4 Å².